The molecule has 0 aliphatic heterocycles. The summed E-state index contributed by atoms with van der Waals surface area (Å²) in [5.74, 6) is 1.53. The molecule has 0 unspecified atom stereocenters. The number of hydrogen-bond donors (Lipinski definition) is 0. The molecule has 2 aromatic heterocycles. The zero-order valence-electron chi connectivity index (χ0n) is 25.0. The number of fused-ring (bicyclic) bond motifs is 1. The van der Waals surface area contributed by atoms with Gasteiger partial charge in [-0.25, -0.2) is 9.67 Å². The zero-order valence-corrected chi connectivity index (χ0v) is 27.0. The predicted octanol–water partition coefficient (Wildman–Crippen LogP) is 7.53. The fraction of sp³-hybridized carbons (Fsp3) is 0.667. The van der Waals surface area contributed by atoms with Crippen LogP contribution in [0.5, 0.6) is 0 Å². The molecule has 208 valence electrons. The number of ether oxygens (including phenoxy) is 2. The molecule has 6 rings (SSSR count). The molecule has 3 aromatic rings. The Balaban J connectivity index is 1.52. The number of aryl methyl sites for hydroxylation is 1. The molecule has 1 fully saturated rings. The van der Waals surface area contributed by atoms with Crippen LogP contribution in [0.3, 0.4) is 0 Å². The van der Waals surface area contributed by atoms with E-state index in [2.05, 4.69) is 80.6 Å². The summed E-state index contributed by atoms with van der Waals surface area (Å²) in [6.07, 6.45) is 4.55. The Kier molecular flexibility index (Phi) is 7.57. The van der Waals surface area contributed by atoms with Crippen LogP contribution in [0, 0.1) is 5.41 Å². The van der Waals surface area contributed by atoms with Crippen molar-refractivity contribution >= 4 is 27.2 Å². The molecule has 3 aliphatic rings. The maximum atomic E-state index is 6.34. The molecule has 8 heteroatoms. The largest absolute Gasteiger partial charge is 0.361 e. The fourth-order valence-corrected chi connectivity index (χ4v) is 7.71. The lowest BCUT2D eigenvalue weighted by Crippen LogP contribution is -2.41. The summed E-state index contributed by atoms with van der Waals surface area (Å²) in [6, 6.07) is 8.83. The fourth-order valence-electron chi connectivity index (χ4n) is 6.20. The highest BCUT2D eigenvalue weighted by atomic mass is 28.3. The lowest BCUT2D eigenvalue weighted by Gasteiger charge is -2.50. The van der Waals surface area contributed by atoms with Crippen LogP contribution in [-0.4, -0.2) is 48.7 Å². The molecule has 0 radical (unpaired) electrons. The van der Waals surface area contributed by atoms with Gasteiger partial charge in [0.25, 0.3) is 0 Å². The van der Waals surface area contributed by atoms with Gasteiger partial charge in [0, 0.05) is 40.6 Å². The van der Waals surface area contributed by atoms with Crippen molar-refractivity contribution in [3.8, 4) is 11.5 Å². The molecule has 38 heavy (non-hydrogen) atoms. The van der Waals surface area contributed by atoms with E-state index in [1.54, 1.807) is 0 Å². The van der Waals surface area contributed by atoms with Gasteiger partial charge in [-0.2, -0.15) is 5.10 Å². The molecule has 6 nitrogen and oxygen atoms in total. The van der Waals surface area contributed by atoms with E-state index < -0.39 is 16.1 Å². The first-order valence-electron chi connectivity index (χ1n) is 14.6. The summed E-state index contributed by atoms with van der Waals surface area (Å²) in [4.78, 5) is 5.22. The summed E-state index contributed by atoms with van der Waals surface area (Å²) in [7, 11) is -2.29. The normalized spacial score (nSPS) is 21.1. The second-order valence-electron chi connectivity index (χ2n) is 14.5. The summed E-state index contributed by atoms with van der Waals surface area (Å²) < 4.78 is 17.0. The van der Waals surface area contributed by atoms with Crippen LogP contribution < -0.4 is 0 Å². The number of nitrogens with zero attached hydrogens (tertiary/aromatic N) is 4. The monoisotopic (exact) mass is 552 g/mol. The molecule has 0 spiro atoms. The van der Waals surface area contributed by atoms with E-state index in [0.717, 1.165) is 49.1 Å². The molecule has 0 N–H and O–H groups in total. The van der Waals surface area contributed by atoms with Gasteiger partial charge in [0.1, 0.15) is 19.2 Å². The third-order valence-corrected chi connectivity index (χ3v) is 11.9. The SMILES string of the molecule is CCc1cccc2nc(-c3nn(COCC[Si](C)(C)C)c4c3C3CC(C)(C4)C3)n(COCC[Si](C)(C)C)c12. The minimum Gasteiger partial charge on any atom is -0.361 e. The minimum absolute atomic E-state index is 0.403. The number of hydrogen-bond acceptors (Lipinski definition) is 4. The van der Waals surface area contributed by atoms with Crippen molar-refractivity contribution in [1.82, 2.24) is 19.3 Å². The van der Waals surface area contributed by atoms with Gasteiger partial charge in [0.2, 0.25) is 0 Å². The molecule has 0 atom stereocenters. The Morgan fingerprint density at radius 3 is 2.26 bits per heavy atom. The topological polar surface area (TPSA) is 54.1 Å². The molecular formula is C30H48N4O2Si2. The Labute approximate surface area is 231 Å². The summed E-state index contributed by atoms with van der Waals surface area (Å²) in [6.45, 7) is 21.7. The van der Waals surface area contributed by atoms with Crippen molar-refractivity contribution in [2.24, 2.45) is 5.41 Å². The molecule has 0 amide bonds. The number of para-hydroxylation sites is 1. The van der Waals surface area contributed by atoms with E-state index in [-0.39, 0.29) is 0 Å². The van der Waals surface area contributed by atoms with Crippen LogP contribution in [0.1, 0.15) is 49.4 Å². The van der Waals surface area contributed by atoms with E-state index in [0.29, 0.717) is 24.8 Å². The highest BCUT2D eigenvalue weighted by Crippen LogP contribution is 2.59. The van der Waals surface area contributed by atoms with Gasteiger partial charge in [-0.15, -0.1) is 0 Å². The minimum atomic E-state index is -1.16. The smallest absolute Gasteiger partial charge is 0.163 e. The Morgan fingerprint density at radius 2 is 1.63 bits per heavy atom. The second-order valence-corrected chi connectivity index (χ2v) is 25.7. The van der Waals surface area contributed by atoms with Crippen molar-refractivity contribution in [2.45, 2.75) is 110 Å². The first kappa shape index (κ1) is 27.8. The molecule has 0 saturated heterocycles. The maximum absolute atomic E-state index is 6.34. The molecular weight excluding hydrogens is 505 g/mol. The molecule has 2 heterocycles. The third-order valence-electron chi connectivity index (χ3n) is 8.45. The molecule has 2 bridgehead atoms. The van der Waals surface area contributed by atoms with E-state index >= 15 is 0 Å². The number of imidazole rings is 1. The Morgan fingerprint density at radius 1 is 0.974 bits per heavy atom. The van der Waals surface area contributed by atoms with Gasteiger partial charge in [0.05, 0.1) is 11.0 Å². The van der Waals surface area contributed by atoms with Crippen molar-refractivity contribution in [1.29, 1.82) is 0 Å². The van der Waals surface area contributed by atoms with Crippen LogP contribution in [-0.2, 0) is 35.8 Å². The van der Waals surface area contributed by atoms with Crippen molar-refractivity contribution < 1.29 is 9.47 Å². The van der Waals surface area contributed by atoms with Crippen LogP contribution in [0.15, 0.2) is 18.2 Å². The Bertz CT molecular complexity index is 1290. The standard InChI is InChI=1S/C30H48N4O2Si2/c1-9-22-11-10-12-24-28(22)33(20-35-13-15-37(3,4)5)29(31-24)27-26-23-17-30(2,18-23)19-25(26)34(32-27)21-36-14-16-38(6,7)8/h10-12,23H,9,13-21H2,1-8H3. The van der Waals surface area contributed by atoms with Gasteiger partial charge >= 0.3 is 0 Å². The Hall–Kier alpha value is -1.75. The van der Waals surface area contributed by atoms with Gasteiger partial charge in [0.15, 0.2) is 5.82 Å². The lowest BCUT2D eigenvalue weighted by molar-refractivity contribution is 0.0639. The van der Waals surface area contributed by atoms with E-state index in [1.165, 1.54) is 41.2 Å². The first-order valence-corrected chi connectivity index (χ1v) is 22.0. The highest BCUT2D eigenvalue weighted by Gasteiger charge is 2.50. The van der Waals surface area contributed by atoms with Crippen molar-refractivity contribution in [3.63, 3.8) is 0 Å². The summed E-state index contributed by atoms with van der Waals surface area (Å²) in [5.41, 5.74) is 7.78. The van der Waals surface area contributed by atoms with Gasteiger partial charge < -0.3 is 9.47 Å². The zero-order chi connectivity index (χ0) is 27.3. The maximum Gasteiger partial charge on any atom is 0.163 e. The van der Waals surface area contributed by atoms with Gasteiger partial charge in [-0.05, 0) is 60.7 Å². The lowest BCUT2D eigenvalue weighted by atomic mass is 9.54. The molecule has 1 aromatic carbocycles. The second kappa shape index (κ2) is 10.3. The number of benzene rings is 1. The van der Waals surface area contributed by atoms with Crippen LogP contribution in [0.2, 0.25) is 51.4 Å². The molecule has 3 aliphatic carbocycles. The third kappa shape index (κ3) is 5.74. The van der Waals surface area contributed by atoms with Crippen molar-refractivity contribution in [3.05, 3.63) is 35.0 Å². The van der Waals surface area contributed by atoms with Gasteiger partial charge in [-0.3, -0.25) is 4.57 Å². The summed E-state index contributed by atoms with van der Waals surface area (Å²) >= 11 is 0. The average molecular weight is 553 g/mol. The van der Waals surface area contributed by atoms with Gasteiger partial charge in [-0.1, -0.05) is 65.3 Å². The predicted molar refractivity (Wildman–Crippen MR) is 162 cm³/mol. The van der Waals surface area contributed by atoms with Crippen molar-refractivity contribution in [2.75, 3.05) is 13.2 Å². The summed E-state index contributed by atoms with van der Waals surface area (Å²) in [5, 5.41) is 5.25. The van der Waals surface area contributed by atoms with E-state index in [4.69, 9.17) is 19.6 Å². The quantitative estimate of drug-likeness (QED) is 0.172. The number of rotatable bonds is 12. The van der Waals surface area contributed by atoms with E-state index in [9.17, 15) is 0 Å². The number of aromatic nitrogens is 4. The van der Waals surface area contributed by atoms with Crippen LogP contribution in [0.4, 0.5) is 0 Å². The van der Waals surface area contributed by atoms with E-state index in [1.807, 2.05) is 0 Å². The highest BCUT2D eigenvalue weighted by molar-refractivity contribution is 6.76. The van der Waals surface area contributed by atoms with Crippen LogP contribution in [0.25, 0.3) is 22.6 Å². The van der Waals surface area contributed by atoms with Crippen LogP contribution >= 0.6 is 0 Å². The average Bonchev–Trinajstić information content (AvgIpc) is 3.36. The first-order chi connectivity index (χ1) is 17.9. The molecule has 1 saturated carbocycles.